The SMILES string of the molecule is SN=CC1CCC=CO1. The highest BCUT2D eigenvalue weighted by atomic mass is 32.1. The third-order valence-corrected chi connectivity index (χ3v) is 1.33. The molecule has 0 aliphatic carbocycles. The summed E-state index contributed by atoms with van der Waals surface area (Å²) in [6.07, 6.45) is 7.65. The largest absolute Gasteiger partial charge is 0.493 e. The van der Waals surface area contributed by atoms with Crippen LogP contribution in [-0.4, -0.2) is 12.3 Å². The van der Waals surface area contributed by atoms with E-state index in [0.29, 0.717) is 0 Å². The summed E-state index contributed by atoms with van der Waals surface area (Å²) >= 11 is 3.70. The van der Waals surface area contributed by atoms with Crippen LogP contribution in [0.15, 0.2) is 16.7 Å². The van der Waals surface area contributed by atoms with Crippen molar-refractivity contribution in [3.63, 3.8) is 0 Å². The van der Waals surface area contributed by atoms with Gasteiger partial charge in [-0.2, -0.15) is 0 Å². The van der Waals surface area contributed by atoms with Crippen LogP contribution in [0.3, 0.4) is 0 Å². The van der Waals surface area contributed by atoms with Crippen molar-refractivity contribution >= 4 is 19.0 Å². The monoisotopic (exact) mass is 143 g/mol. The summed E-state index contributed by atoms with van der Waals surface area (Å²) in [6, 6.07) is 0. The Morgan fingerprint density at radius 1 is 1.78 bits per heavy atom. The lowest BCUT2D eigenvalue weighted by Crippen LogP contribution is -2.12. The molecule has 0 aromatic heterocycles. The first-order valence-electron chi connectivity index (χ1n) is 2.91. The van der Waals surface area contributed by atoms with E-state index in [2.05, 4.69) is 17.2 Å². The molecule has 0 aromatic carbocycles. The van der Waals surface area contributed by atoms with Gasteiger partial charge in [0.2, 0.25) is 0 Å². The van der Waals surface area contributed by atoms with Gasteiger partial charge in [0.25, 0.3) is 0 Å². The average molecular weight is 143 g/mol. The second-order valence-electron chi connectivity index (χ2n) is 1.89. The summed E-state index contributed by atoms with van der Waals surface area (Å²) in [6.45, 7) is 0. The van der Waals surface area contributed by atoms with Crippen LogP contribution in [0, 0.1) is 0 Å². The Bertz CT molecular complexity index is 133. The predicted molar refractivity (Wildman–Crippen MR) is 40.7 cm³/mol. The van der Waals surface area contributed by atoms with Gasteiger partial charge in [-0.25, -0.2) is 4.40 Å². The third-order valence-electron chi connectivity index (χ3n) is 1.20. The Balaban J connectivity index is 2.35. The van der Waals surface area contributed by atoms with Gasteiger partial charge >= 0.3 is 0 Å². The van der Waals surface area contributed by atoms with Crippen molar-refractivity contribution in [3.05, 3.63) is 12.3 Å². The third kappa shape index (κ3) is 2.10. The van der Waals surface area contributed by atoms with Gasteiger partial charge in [0.05, 0.1) is 12.5 Å². The van der Waals surface area contributed by atoms with Crippen LogP contribution in [-0.2, 0) is 4.74 Å². The summed E-state index contributed by atoms with van der Waals surface area (Å²) in [4.78, 5) is 0. The van der Waals surface area contributed by atoms with Crippen LogP contribution in [0.25, 0.3) is 0 Å². The molecule has 3 heteroatoms. The molecule has 0 saturated heterocycles. The molecule has 1 rings (SSSR count). The average Bonchev–Trinajstić information content (AvgIpc) is 1.91. The van der Waals surface area contributed by atoms with Crippen molar-refractivity contribution < 1.29 is 4.74 Å². The molecule has 1 unspecified atom stereocenters. The van der Waals surface area contributed by atoms with Crippen LogP contribution in [0.1, 0.15) is 12.8 Å². The van der Waals surface area contributed by atoms with Gasteiger partial charge in [0.1, 0.15) is 6.10 Å². The minimum atomic E-state index is 0.146. The Morgan fingerprint density at radius 2 is 2.67 bits per heavy atom. The summed E-state index contributed by atoms with van der Waals surface area (Å²) < 4.78 is 8.71. The topological polar surface area (TPSA) is 21.6 Å². The molecule has 0 N–H and O–H groups in total. The first-order chi connectivity index (χ1) is 4.43. The van der Waals surface area contributed by atoms with Crippen LogP contribution in [0.4, 0.5) is 0 Å². The Morgan fingerprint density at radius 3 is 3.22 bits per heavy atom. The van der Waals surface area contributed by atoms with Crippen molar-refractivity contribution in [3.8, 4) is 0 Å². The quantitative estimate of drug-likeness (QED) is 0.437. The molecular formula is C6H9NOS. The van der Waals surface area contributed by atoms with Crippen LogP contribution >= 0.6 is 12.8 Å². The second kappa shape index (κ2) is 3.56. The van der Waals surface area contributed by atoms with Gasteiger partial charge in [-0.15, -0.1) is 0 Å². The summed E-state index contributed by atoms with van der Waals surface area (Å²) in [5.74, 6) is 0. The molecule has 0 amide bonds. The van der Waals surface area contributed by atoms with Crippen LogP contribution in [0.5, 0.6) is 0 Å². The number of hydrogen-bond acceptors (Lipinski definition) is 3. The molecular weight excluding hydrogens is 134 g/mol. The Kier molecular flexibility index (Phi) is 2.64. The highest BCUT2D eigenvalue weighted by Gasteiger charge is 2.05. The minimum Gasteiger partial charge on any atom is -0.493 e. The standard InChI is InChI=1S/C6H9NOS/c9-7-5-6-3-1-2-4-8-6/h2,4-6,9H,1,3H2. The molecule has 0 spiro atoms. The second-order valence-corrected chi connectivity index (χ2v) is 2.12. The van der Waals surface area contributed by atoms with Gasteiger partial charge in [0, 0.05) is 0 Å². The van der Waals surface area contributed by atoms with E-state index in [9.17, 15) is 0 Å². The fraction of sp³-hybridized carbons (Fsp3) is 0.500. The number of ether oxygens (including phenoxy) is 1. The maximum atomic E-state index is 5.14. The maximum Gasteiger partial charge on any atom is 0.134 e. The van der Waals surface area contributed by atoms with E-state index in [1.165, 1.54) is 0 Å². The van der Waals surface area contributed by atoms with Gasteiger partial charge in [-0.3, -0.25) is 0 Å². The van der Waals surface area contributed by atoms with Crippen molar-refractivity contribution in [2.45, 2.75) is 18.9 Å². The fourth-order valence-corrected chi connectivity index (χ4v) is 0.886. The molecule has 0 saturated carbocycles. The van der Waals surface area contributed by atoms with Crippen LogP contribution in [0.2, 0.25) is 0 Å². The zero-order valence-corrected chi connectivity index (χ0v) is 5.92. The van der Waals surface area contributed by atoms with Gasteiger partial charge < -0.3 is 4.74 Å². The summed E-state index contributed by atoms with van der Waals surface area (Å²) in [7, 11) is 0. The normalized spacial score (nSPS) is 26.6. The van der Waals surface area contributed by atoms with E-state index < -0.39 is 0 Å². The molecule has 50 valence electrons. The molecule has 0 fully saturated rings. The van der Waals surface area contributed by atoms with Crippen molar-refractivity contribution in [2.24, 2.45) is 4.40 Å². The van der Waals surface area contributed by atoms with E-state index in [-0.39, 0.29) is 6.10 Å². The Hall–Kier alpha value is -0.440. The number of allylic oxidation sites excluding steroid dienone is 1. The lowest BCUT2D eigenvalue weighted by atomic mass is 10.2. The van der Waals surface area contributed by atoms with E-state index in [4.69, 9.17) is 4.74 Å². The first kappa shape index (κ1) is 6.68. The number of thiol groups is 1. The Labute approximate surface area is 60.2 Å². The zero-order valence-electron chi connectivity index (χ0n) is 5.03. The minimum absolute atomic E-state index is 0.146. The number of hydrogen-bond donors (Lipinski definition) is 1. The molecule has 9 heavy (non-hydrogen) atoms. The smallest absolute Gasteiger partial charge is 0.134 e. The van der Waals surface area contributed by atoms with E-state index in [1.807, 2.05) is 6.08 Å². The first-order valence-corrected chi connectivity index (χ1v) is 3.31. The lowest BCUT2D eigenvalue weighted by Gasteiger charge is -2.13. The van der Waals surface area contributed by atoms with E-state index in [0.717, 1.165) is 12.8 Å². The van der Waals surface area contributed by atoms with Crippen molar-refractivity contribution in [1.82, 2.24) is 0 Å². The molecule has 1 aliphatic heterocycles. The molecule has 1 atom stereocenters. The molecule has 1 aliphatic rings. The molecule has 0 bridgehead atoms. The van der Waals surface area contributed by atoms with Gasteiger partial charge in [-0.05, 0) is 31.7 Å². The lowest BCUT2D eigenvalue weighted by molar-refractivity contribution is 0.185. The maximum absolute atomic E-state index is 5.14. The predicted octanol–water partition coefficient (Wildman–Crippen LogP) is 1.59. The number of rotatable bonds is 1. The van der Waals surface area contributed by atoms with E-state index >= 15 is 0 Å². The molecule has 0 aromatic rings. The van der Waals surface area contributed by atoms with E-state index in [1.54, 1.807) is 12.5 Å². The highest BCUT2D eigenvalue weighted by molar-refractivity contribution is 7.78. The highest BCUT2D eigenvalue weighted by Crippen LogP contribution is 2.07. The molecule has 0 radical (unpaired) electrons. The fourth-order valence-electron chi connectivity index (χ4n) is 0.737. The van der Waals surface area contributed by atoms with Crippen molar-refractivity contribution in [2.75, 3.05) is 0 Å². The van der Waals surface area contributed by atoms with Gasteiger partial charge in [0.15, 0.2) is 0 Å². The zero-order chi connectivity index (χ0) is 6.53. The van der Waals surface area contributed by atoms with Crippen molar-refractivity contribution in [1.29, 1.82) is 0 Å². The van der Waals surface area contributed by atoms with Crippen LogP contribution < -0.4 is 0 Å². The molecule has 1 heterocycles. The summed E-state index contributed by atoms with van der Waals surface area (Å²) in [5.41, 5.74) is 0. The van der Waals surface area contributed by atoms with Gasteiger partial charge in [-0.1, -0.05) is 0 Å². The summed E-state index contributed by atoms with van der Waals surface area (Å²) in [5, 5.41) is 0. The number of nitrogens with zero attached hydrogens (tertiary/aromatic N) is 1. The molecule has 2 nitrogen and oxygen atoms in total.